The summed E-state index contributed by atoms with van der Waals surface area (Å²) in [5, 5.41) is 21.4. The van der Waals surface area contributed by atoms with E-state index in [0.717, 1.165) is 105 Å². The van der Waals surface area contributed by atoms with E-state index in [-0.39, 0.29) is 89.5 Å². The van der Waals surface area contributed by atoms with Gasteiger partial charge in [-0.25, -0.2) is 0 Å². The molecule has 4 nitrogen and oxygen atoms in total. The fourth-order valence-electron chi connectivity index (χ4n) is 19.2. The van der Waals surface area contributed by atoms with Crippen LogP contribution in [0.2, 0.25) is 0 Å². The molecule has 0 N–H and O–H groups in total. The number of nitrogens with zero attached hydrogens (tertiary/aromatic N) is 4. The first kappa shape index (κ1) is 105. The molecule has 0 saturated carbocycles. The Hall–Kier alpha value is -13.5. The molecule has 0 saturated heterocycles. The Labute approximate surface area is 912 Å². The molecule has 0 aliphatic rings. The number of para-hydroxylation sites is 8. The zero-order valence-electron chi connectivity index (χ0n) is 78.6. The van der Waals surface area contributed by atoms with E-state index in [1.54, 1.807) is 0 Å². The van der Waals surface area contributed by atoms with Crippen molar-refractivity contribution in [3.8, 4) is 46.4 Å². The Morgan fingerprint density at radius 3 is 0.639 bits per heavy atom. The minimum absolute atomic E-state index is 0. The van der Waals surface area contributed by atoms with Crippen LogP contribution in [0.1, 0.15) is 22.3 Å². The molecule has 0 aliphatic heterocycles. The second-order valence-electron chi connectivity index (χ2n) is 34.0. The molecular weight excluding hydrogens is 2550 g/mol. The maximum Gasteiger partial charge on any atom is 1.00 e. The summed E-state index contributed by atoms with van der Waals surface area (Å²) < 4.78 is 8.99. The second-order valence-corrected chi connectivity index (χ2v) is 44.4. The van der Waals surface area contributed by atoms with Gasteiger partial charge < -0.3 is 44.0 Å². The third kappa shape index (κ3) is 24.1. The minimum Gasteiger partial charge on any atom is -0.366 e. The van der Waals surface area contributed by atoms with Crippen molar-refractivity contribution >= 4 is 161 Å². The Kier molecular flexibility index (Phi) is 38.0. The van der Waals surface area contributed by atoms with Crippen molar-refractivity contribution in [1.29, 1.82) is 0 Å². The number of rotatable bonds is 18. The molecule has 0 aliphatic carbocycles. The predicted octanol–water partition coefficient (Wildman–Crippen LogP) is 28.3. The van der Waals surface area contributed by atoms with Gasteiger partial charge in [-0.1, -0.05) is 326 Å². The SMILES string of the molecule is [Au+].[Au+].[Au+].[Au+].[C-]#Cc1ccc2c(c1)c1ccccc1n2-c1ccccc1.[C-]#Cc1ccc2c3ccccc3n(-c3ccccc3)c2c1.[C-]#Cc1cccc2c1c1ccccc1n2-c1ccccc1.[C-]#Cc1cccc2c1c1ccccc1n2-c1ccccc1.c1ccc([PH+](CC[PH+](c2ccccc2)c2ccccc2)c2ccccc2)cc1.c1ccc([PH+](CC[PH+](c2ccccc2)c2ccccc2)c2ccccc2)cc1. The topological polar surface area (TPSA) is 19.7 Å². The summed E-state index contributed by atoms with van der Waals surface area (Å²) in [6, 6.07) is 188. The molecule has 24 rings (SSSR count). The van der Waals surface area contributed by atoms with Gasteiger partial charge in [0.2, 0.25) is 0 Å². The number of hydrogen-bond acceptors (Lipinski definition) is 0. The number of aromatic nitrogens is 4. The normalized spacial score (nSPS) is 10.6. The van der Waals surface area contributed by atoms with Crippen LogP contribution < -0.4 is 42.4 Å². The number of hydrogen-bond donors (Lipinski definition) is 0. The largest absolute Gasteiger partial charge is 1.00 e. The zero-order valence-corrected chi connectivity index (χ0v) is 91.3. The van der Waals surface area contributed by atoms with E-state index in [1.807, 2.05) is 121 Å². The molecule has 144 heavy (non-hydrogen) atoms. The maximum absolute atomic E-state index is 7.56. The van der Waals surface area contributed by atoms with Gasteiger partial charge in [0.05, 0.1) is 102 Å². The zero-order chi connectivity index (χ0) is 95.0. The predicted molar refractivity (Wildman–Crippen MR) is 609 cm³/mol. The van der Waals surface area contributed by atoms with Gasteiger partial charge in [0.25, 0.3) is 0 Å². The van der Waals surface area contributed by atoms with Crippen LogP contribution in [0.25, 0.3) is 110 Å². The van der Waals surface area contributed by atoms with Gasteiger partial charge in [0.1, 0.15) is 24.6 Å². The monoisotopic (exact) mass is 2650 g/mol. The first-order chi connectivity index (χ1) is 69.4. The van der Waals surface area contributed by atoms with Crippen LogP contribution in [0.3, 0.4) is 0 Å². The third-order valence-corrected chi connectivity index (χ3v) is 37.8. The molecule has 24 aromatic rings. The van der Waals surface area contributed by atoms with Gasteiger partial charge in [0.15, 0.2) is 0 Å². The van der Waals surface area contributed by atoms with E-state index >= 15 is 0 Å². The molecule has 0 unspecified atom stereocenters. The third-order valence-electron chi connectivity index (χ3n) is 25.6. The van der Waals surface area contributed by atoms with Crippen molar-refractivity contribution < 1.29 is 89.5 Å². The van der Waals surface area contributed by atoms with E-state index in [4.69, 9.17) is 25.7 Å². The van der Waals surface area contributed by atoms with E-state index in [1.165, 1.54) is 94.3 Å². The summed E-state index contributed by atoms with van der Waals surface area (Å²) in [6.07, 6.45) is 34.9. The first-order valence-electron chi connectivity index (χ1n) is 47.3. The Bertz CT molecular complexity index is 7750. The summed E-state index contributed by atoms with van der Waals surface area (Å²) in [7, 11) is -3.13. The number of benzene rings is 20. The molecule has 20 aromatic carbocycles. The fourth-order valence-corrected chi connectivity index (χ4v) is 31.6. The van der Waals surface area contributed by atoms with Crippen LogP contribution in [-0.4, -0.2) is 42.9 Å². The van der Waals surface area contributed by atoms with Crippen LogP contribution >= 0.6 is 31.7 Å². The van der Waals surface area contributed by atoms with Gasteiger partial charge in [-0.05, 0) is 198 Å². The second kappa shape index (κ2) is 52.2. The average molecular weight is 2650 g/mol. The standard InChI is InChI=1S/2C26H24P2.4C20H12N.4Au/c2*1-5-13-23(14-6-1)27(24-15-7-2-8-16-24)21-22-28(25-17-9-3-10-18-25)26-19-11-4-12-20-26;2*1-2-15-9-8-14-19-20(15)17-12-6-7-13-18(17)21(19)16-10-4-3-5-11-16;1-2-15-12-13-20-18(14-15)17-10-6-7-11-19(17)21(20)16-8-4-3-5-9-16;1-2-15-12-13-18-17-10-6-7-11-19(17)21(20(18)14-15)16-8-4-3-5-9-16;;;;/h2*1-20H,21-22H2;4*3-14H;;;;/q;;4*-1;4*+1/p+4. The van der Waals surface area contributed by atoms with Crippen molar-refractivity contribution in [3.63, 3.8) is 0 Å². The van der Waals surface area contributed by atoms with E-state index < -0.39 is 31.7 Å². The quantitative estimate of drug-likeness (QED) is 0.0353. The molecule has 4 heterocycles. The summed E-state index contributed by atoms with van der Waals surface area (Å²) in [5.74, 6) is 10.1. The maximum atomic E-state index is 7.56. The minimum atomic E-state index is -0.783. The molecule has 4 aromatic heterocycles. The smallest absolute Gasteiger partial charge is 0.366 e. The van der Waals surface area contributed by atoms with Gasteiger partial charge in [-0.15, -0.1) is 58.7 Å². The summed E-state index contributed by atoms with van der Waals surface area (Å²) >= 11 is 0. The van der Waals surface area contributed by atoms with Gasteiger partial charge in [-0.2, -0.15) is 0 Å². The molecule has 0 amide bonds. The van der Waals surface area contributed by atoms with Crippen molar-refractivity contribution in [2.24, 2.45) is 0 Å². The molecule has 0 atom stereocenters. The molecule has 0 spiro atoms. The van der Waals surface area contributed by atoms with Crippen molar-refractivity contribution in [2.45, 2.75) is 0 Å². The van der Waals surface area contributed by atoms with Crippen molar-refractivity contribution in [2.75, 3.05) is 24.6 Å². The molecule has 708 valence electrons. The molecule has 12 heteroatoms. The molecule has 0 radical (unpaired) electrons. The van der Waals surface area contributed by atoms with Gasteiger partial charge >= 0.3 is 89.5 Å². The summed E-state index contributed by atoms with van der Waals surface area (Å²) in [5.41, 5.74) is 17.0. The Morgan fingerprint density at radius 1 is 0.160 bits per heavy atom. The summed E-state index contributed by atoms with van der Waals surface area (Å²) in [4.78, 5) is 0. The van der Waals surface area contributed by atoms with E-state index in [0.29, 0.717) is 0 Å². The van der Waals surface area contributed by atoms with E-state index in [9.17, 15) is 0 Å². The molecule has 0 fully saturated rings. The molecular formula is C132H100Au4N4P4+4. The van der Waals surface area contributed by atoms with Crippen LogP contribution in [0, 0.1) is 49.4 Å². The van der Waals surface area contributed by atoms with Crippen LogP contribution in [0.4, 0.5) is 0 Å². The fraction of sp³-hybridized carbons (Fsp3) is 0.0303. The average Bonchev–Trinajstić information content (AvgIpc) is 1.51. The molecule has 0 bridgehead atoms. The first-order valence-corrected chi connectivity index (χ1v) is 54.1. The van der Waals surface area contributed by atoms with Crippen molar-refractivity contribution in [3.05, 3.63) is 582 Å². The summed E-state index contributed by atoms with van der Waals surface area (Å²) in [6.45, 7) is 0. The Morgan fingerprint density at radius 2 is 0.361 bits per heavy atom. The van der Waals surface area contributed by atoms with Crippen molar-refractivity contribution in [1.82, 2.24) is 18.3 Å². The van der Waals surface area contributed by atoms with Crippen LogP contribution in [0.5, 0.6) is 0 Å². The number of fused-ring (bicyclic) bond motifs is 12. The van der Waals surface area contributed by atoms with E-state index in [2.05, 4.69) is 454 Å². The van der Waals surface area contributed by atoms with Crippen LogP contribution in [0.15, 0.2) is 534 Å². The Balaban J connectivity index is 0.000000130. The van der Waals surface area contributed by atoms with Crippen LogP contribution in [-0.2, 0) is 89.5 Å². The van der Waals surface area contributed by atoms with Gasteiger partial charge in [-0.3, -0.25) is 23.7 Å². The van der Waals surface area contributed by atoms with Gasteiger partial charge in [0, 0.05) is 55.5 Å².